The maximum Gasteiger partial charge on any atom is 0.239 e. The molecule has 0 bridgehead atoms. The fourth-order valence-electron chi connectivity index (χ4n) is 3.96. The van der Waals surface area contributed by atoms with Gasteiger partial charge in [-0.2, -0.15) is 0 Å². The van der Waals surface area contributed by atoms with Gasteiger partial charge in [0.05, 0.1) is 18.4 Å². The van der Waals surface area contributed by atoms with Crippen molar-refractivity contribution in [1.82, 2.24) is 24.3 Å². The number of imidazole rings is 1. The van der Waals surface area contributed by atoms with Gasteiger partial charge in [0.25, 0.3) is 0 Å². The highest BCUT2D eigenvalue weighted by Crippen LogP contribution is 2.25. The van der Waals surface area contributed by atoms with Crippen molar-refractivity contribution in [2.75, 3.05) is 38.0 Å². The SMILES string of the molecule is Cc1ncc(-c2ccc3cnc(NC(=O)CN4CCN(C(C)C)CC4)cc3c2)n1C. The lowest BCUT2D eigenvalue weighted by molar-refractivity contribution is -0.117. The third kappa shape index (κ3) is 4.37. The second-order valence-electron chi connectivity index (χ2n) is 8.34. The van der Waals surface area contributed by atoms with E-state index in [0.717, 1.165) is 54.0 Å². The van der Waals surface area contributed by atoms with E-state index >= 15 is 0 Å². The lowest BCUT2D eigenvalue weighted by Crippen LogP contribution is -2.50. The number of carbonyl (C=O) groups is 1. The highest BCUT2D eigenvalue weighted by atomic mass is 16.2. The van der Waals surface area contributed by atoms with Gasteiger partial charge in [-0.1, -0.05) is 12.1 Å². The molecule has 2 aromatic heterocycles. The summed E-state index contributed by atoms with van der Waals surface area (Å²) in [5, 5.41) is 5.05. The number of rotatable bonds is 5. The third-order valence-corrected chi connectivity index (χ3v) is 6.01. The summed E-state index contributed by atoms with van der Waals surface area (Å²) in [6.45, 7) is 10.7. The van der Waals surface area contributed by atoms with E-state index in [1.807, 2.05) is 32.4 Å². The lowest BCUT2D eigenvalue weighted by atomic mass is 10.1. The Morgan fingerprint density at radius 1 is 1.07 bits per heavy atom. The minimum atomic E-state index is -0.0155. The van der Waals surface area contributed by atoms with E-state index in [1.165, 1.54) is 0 Å². The van der Waals surface area contributed by atoms with Gasteiger partial charge in [0.1, 0.15) is 11.6 Å². The van der Waals surface area contributed by atoms with Crippen LogP contribution in [0.1, 0.15) is 19.7 Å². The van der Waals surface area contributed by atoms with E-state index in [-0.39, 0.29) is 5.91 Å². The number of hydrogen-bond donors (Lipinski definition) is 1. The molecule has 7 nitrogen and oxygen atoms in total. The molecule has 0 unspecified atom stereocenters. The Labute approximate surface area is 177 Å². The van der Waals surface area contributed by atoms with Gasteiger partial charge in [-0.25, -0.2) is 9.97 Å². The predicted molar refractivity (Wildman–Crippen MR) is 120 cm³/mol. The maximum atomic E-state index is 12.6. The van der Waals surface area contributed by atoms with Crippen LogP contribution >= 0.6 is 0 Å². The van der Waals surface area contributed by atoms with Crippen LogP contribution in [-0.4, -0.2) is 69.0 Å². The molecule has 1 fully saturated rings. The fraction of sp³-hybridized carbons (Fsp3) is 0.435. The van der Waals surface area contributed by atoms with Crippen LogP contribution in [0.15, 0.2) is 36.7 Å². The molecule has 0 spiro atoms. The number of anilines is 1. The van der Waals surface area contributed by atoms with Crippen LogP contribution < -0.4 is 5.32 Å². The zero-order chi connectivity index (χ0) is 21.3. The van der Waals surface area contributed by atoms with Crippen molar-refractivity contribution in [3.63, 3.8) is 0 Å². The third-order valence-electron chi connectivity index (χ3n) is 6.01. The van der Waals surface area contributed by atoms with Crippen LogP contribution in [0.2, 0.25) is 0 Å². The van der Waals surface area contributed by atoms with Crippen LogP contribution in [0.3, 0.4) is 0 Å². The Morgan fingerprint density at radius 3 is 2.50 bits per heavy atom. The highest BCUT2D eigenvalue weighted by molar-refractivity contribution is 5.94. The average Bonchev–Trinajstić information content (AvgIpc) is 3.06. The molecule has 3 heterocycles. The topological polar surface area (TPSA) is 66.3 Å². The lowest BCUT2D eigenvalue weighted by Gasteiger charge is -2.36. The normalized spacial score (nSPS) is 15.8. The molecule has 0 radical (unpaired) electrons. The van der Waals surface area contributed by atoms with Crippen molar-refractivity contribution in [2.45, 2.75) is 26.8 Å². The van der Waals surface area contributed by atoms with Crippen molar-refractivity contribution in [3.8, 4) is 11.3 Å². The first-order valence-corrected chi connectivity index (χ1v) is 10.6. The molecule has 0 atom stereocenters. The minimum absolute atomic E-state index is 0.0155. The first-order chi connectivity index (χ1) is 14.4. The van der Waals surface area contributed by atoms with Crippen LogP contribution in [-0.2, 0) is 11.8 Å². The van der Waals surface area contributed by atoms with E-state index < -0.39 is 0 Å². The first-order valence-electron chi connectivity index (χ1n) is 10.6. The van der Waals surface area contributed by atoms with Crippen LogP contribution in [0, 0.1) is 6.92 Å². The molecule has 7 heteroatoms. The molecule has 1 amide bonds. The fourth-order valence-corrected chi connectivity index (χ4v) is 3.96. The van der Waals surface area contributed by atoms with E-state index in [9.17, 15) is 4.79 Å². The second kappa shape index (κ2) is 8.53. The number of pyridine rings is 1. The number of aromatic nitrogens is 3. The Kier molecular flexibility index (Phi) is 5.83. The van der Waals surface area contributed by atoms with Crippen LogP contribution in [0.5, 0.6) is 0 Å². The Hall–Kier alpha value is -2.77. The van der Waals surface area contributed by atoms with Gasteiger partial charge in [-0.15, -0.1) is 0 Å². The largest absolute Gasteiger partial charge is 0.331 e. The number of fused-ring (bicyclic) bond motifs is 1. The number of amides is 1. The summed E-state index contributed by atoms with van der Waals surface area (Å²) in [5.41, 5.74) is 2.16. The summed E-state index contributed by atoms with van der Waals surface area (Å²) < 4.78 is 2.07. The molecule has 3 aromatic rings. The molecular formula is C23H30N6O. The molecule has 1 N–H and O–H groups in total. The second-order valence-corrected chi connectivity index (χ2v) is 8.34. The summed E-state index contributed by atoms with van der Waals surface area (Å²) in [6.07, 6.45) is 3.70. The van der Waals surface area contributed by atoms with E-state index in [1.54, 1.807) is 0 Å². The van der Waals surface area contributed by atoms with Crippen molar-refractivity contribution in [2.24, 2.45) is 7.05 Å². The van der Waals surface area contributed by atoms with Gasteiger partial charge in [0.2, 0.25) is 5.91 Å². The van der Waals surface area contributed by atoms with Crippen LogP contribution in [0.4, 0.5) is 5.82 Å². The smallest absolute Gasteiger partial charge is 0.239 e. The van der Waals surface area contributed by atoms with Crippen molar-refractivity contribution in [1.29, 1.82) is 0 Å². The summed E-state index contributed by atoms with van der Waals surface area (Å²) in [4.78, 5) is 26.0. The molecule has 1 aliphatic rings. The Balaban J connectivity index is 1.44. The average molecular weight is 407 g/mol. The van der Waals surface area contributed by atoms with E-state index in [0.29, 0.717) is 18.4 Å². The molecule has 1 aromatic carbocycles. The summed E-state index contributed by atoms with van der Waals surface area (Å²) in [5.74, 6) is 1.55. The summed E-state index contributed by atoms with van der Waals surface area (Å²) in [7, 11) is 2.01. The van der Waals surface area contributed by atoms with Crippen molar-refractivity contribution in [3.05, 3.63) is 42.5 Å². The zero-order valence-electron chi connectivity index (χ0n) is 18.2. The van der Waals surface area contributed by atoms with Gasteiger partial charge < -0.3 is 9.88 Å². The number of benzene rings is 1. The van der Waals surface area contributed by atoms with Crippen molar-refractivity contribution >= 4 is 22.5 Å². The maximum absolute atomic E-state index is 12.6. The molecule has 1 saturated heterocycles. The van der Waals surface area contributed by atoms with Crippen molar-refractivity contribution < 1.29 is 4.79 Å². The summed E-state index contributed by atoms with van der Waals surface area (Å²) >= 11 is 0. The standard InChI is InChI=1S/C23H30N6O/c1-16(2)29-9-7-28(8-10-29)15-23(30)26-22-12-20-11-18(5-6-19(20)13-25-22)21-14-24-17(3)27(21)4/h5-6,11-14,16H,7-10,15H2,1-4H3,(H,25,26,30). The summed E-state index contributed by atoms with van der Waals surface area (Å²) in [6, 6.07) is 8.75. The number of carbonyl (C=O) groups excluding carboxylic acids is 1. The monoisotopic (exact) mass is 406 g/mol. The van der Waals surface area contributed by atoms with Crippen LogP contribution in [0.25, 0.3) is 22.0 Å². The number of nitrogens with zero attached hydrogens (tertiary/aromatic N) is 5. The Bertz CT molecular complexity index is 1050. The first kappa shape index (κ1) is 20.5. The Morgan fingerprint density at radius 2 is 1.83 bits per heavy atom. The van der Waals surface area contributed by atoms with Gasteiger partial charge >= 0.3 is 0 Å². The number of aryl methyl sites for hydroxylation is 1. The highest BCUT2D eigenvalue weighted by Gasteiger charge is 2.20. The van der Waals surface area contributed by atoms with Gasteiger partial charge in [-0.05, 0) is 38.3 Å². The van der Waals surface area contributed by atoms with Gasteiger partial charge in [0.15, 0.2) is 0 Å². The molecule has 0 saturated carbocycles. The molecule has 158 valence electrons. The number of nitrogens with one attached hydrogen (secondary N) is 1. The predicted octanol–water partition coefficient (Wildman–Crippen LogP) is 2.91. The zero-order valence-corrected chi connectivity index (χ0v) is 18.2. The number of hydrogen-bond acceptors (Lipinski definition) is 5. The minimum Gasteiger partial charge on any atom is -0.331 e. The molecule has 0 aliphatic carbocycles. The van der Waals surface area contributed by atoms with E-state index in [2.05, 4.69) is 61.7 Å². The quantitative estimate of drug-likeness (QED) is 0.706. The van der Waals surface area contributed by atoms with Gasteiger partial charge in [-0.3, -0.25) is 14.6 Å². The number of piperazine rings is 1. The van der Waals surface area contributed by atoms with E-state index in [4.69, 9.17) is 0 Å². The van der Waals surface area contributed by atoms with Gasteiger partial charge in [0, 0.05) is 56.4 Å². The molecule has 4 rings (SSSR count). The molecular weight excluding hydrogens is 376 g/mol. The molecule has 1 aliphatic heterocycles. The molecule has 30 heavy (non-hydrogen) atoms.